The summed E-state index contributed by atoms with van der Waals surface area (Å²) in [5.74, 6) is 5.31. The molecule has 0 aromatic carbocycles. The second-order valence-corrected chi connectivity index (χ2v) is 13.7. The SMILES string of the molecule is CC(C)CCC[C@@H](C)[C@H]1CC[C@H]2[C@@H]3CC(CN(C)C)=C4C[C@@H](O)CC[C@]4(C)[C@H]3CC[C@]12C.Cl. The van der Waals surface area contributed by atoms with Gasteiger partial charge in [-0.15, -0.1) is 12.4 Å². The van der Waals surface area contributed by atoms with Crippen LogP contribution in [-0.2, 0) is 0 Å². The lowest BCUT2D eigenvalue weighted by atomic mass is 9.46. The minimum absolute atomic E-state index is 0. The molecule has 3 heteroatoms. The molecule has 0 aromatic heterocycles. The Morgan fingerprint density at radius 2 is 1.67 bits per heavy atom. The van der Waals surface area contributed by atoms with Crippen LogP contribution in [0.25, 0.3) is 0 Å². The van der Waals surface area contributed by atoms with Gasteiger partial charge in [0, 0.05) is 6.54 Å². The summed E-state index contributed by atoms with van der Waals surface area (Å²) in [6, 6.07) is 0. The molecule has 33 heavy (non-hydrogen) atoms. The van der Waals surface area contributed by atoms with Crippen LogP contribution in [0.4, 0.5) is 0 Å². The molecule has 0 radical (unpaired) electrons. The number of halogens is 1. The molecule has 1 N–H and O–H groups in total. The molecule has 0 aromatic rings. The van der Waals surface area contributed by atoms with Gasteiger partial charge in [-0.3, -0.25) is 0 Å². The molecule has 2 nitrogen and oxygen atoms in total. The molecule has 0 bridgehead atoms. The monoisotopic (exact) mass is 479 g/mol. The predicted octanol–water partition coefficient (Wildman–Crippen LogP) is 7.74. The lowest BCUT2D eigenvalue weighted by Gasteiger charge is -2.59. The topological polar surface area (TPSA) is 23.5 Å². The summed E-state index contributed by atoms with van der Waals surface area (Å²) in [6.07, 6.45) is 14.4. The van der Waals surface area contributed by atoms with E-state index in [1.807, 2.05) is 0 Å². The number of rotatable bonds is 7. The first-order valence-electron chi connectivity index (χ1n) is 14.1. The second kappa shape index (κ2) is 10.5. The minimum Gasteiger partial charge on any atom is -0.393 e. The van der Waals surface area contributed by atoms with Crippen molar-refractivity contribution in [1.82, 2.24) is 4.90 Å². The first kappa shape index (κ1) is 27.5. The number of fused-ring (bicyclic) bond motifs is 5. The van der Waals surface area contributed by atoms with Crippen molar-refractivity contribution >= 4 is 12.4 Å². The Labute approximate surface area is 211 Å². The zero-order chi connectivity index (χ0) is 23.3. The van der Waals surface area contributed by atoms with Crippen LogP contribution >= 0.6 is 12.4 Å². The fraction of sp³-hybridized carbons (Fsp3) is 0.933. The van der Waals surface area contributed by atoms with Crippen molar-refractivity contribution in [3.8, 4) is 0 Å². The van der Waals surface area contributed by atoms with Crippen molar-refractivity contribution in [1.29, 1.82) is 0 Å². The Hall–Kier alpha value is -0.0500. The normalized spacial score (nSPS) is 41.5. The van der Waals surface area contributed by atoms with Crippen molar-refractivity contribution in [2.45, 2.75) is 111 Å². The van der Waals surface area contributed by atoms with Crippen LogP contribution < -0.4 is 0 Å². The lowest BCUT2D eigenvalue weighted by Crippen LogP contribution is -2.52. The summed E-state index contributed by atoms with van der Waals surface area (Å²) in [7, 11) is 4.46. The van der Waals surface area contributed by atoms with Crippen LogP contribution in [-0.4, -0.2) is 36.8 Å². The van der Waals surface area contributed by atoms with E-state index in [0.29, 0.717) is 10.8 Å². The Morgan fingerprint density at radius 3 is 2.33 bits per heavy atom. The maximum absolute atomic E-state index is 10.6. The third-order valence-corrected chi connectivity index (χ3v) is 11.0. The van der Waals surface area contributed by atoms with E-state index in [9.17, 15) is 5.11 Å². The van der Waals surface area contributed by atoms with Crippen LogP contribution in [0.3, 0.4) is 0 Å². The van der Waals surface area contributed by atoms with Gasteiger partial charge in [0.15, 0.2) is 0 Å². The molecular formula is C30H54ClNO. The van der Waals surface area contributed by atoms with Crippen LogP contribution in [0.2, 0.25) is 0 Å². The molecule has 3 fully saturated rings. The first-order valence-corrected chi connectivity index (χ1v) is 14.1. The Bertz CT molecular complexity index is 701. The van der Waals surface area contributed by atoms with Gasteiger partial charge in [0.1, 0.15) is 0 Å². The van der Waals surface area contributed by atoms with Gasteiger partial charge in [-0.1, -0.05) is 65.0 Å². The average molecular weight is 480 g/mol. The van der Waals surface area contributed by atoms with E-state index in [1.54, 1.807) is 11.1 Å². The molecule has 0 amide bonds. The van der Waals surface area contributed by atoms with Gasteiger partial charge in [-0.2, -0.15) is 0 Å². The number of hydrogen-bond donors (Lipinski definition) is 1. The molecule has 4 aliphatic carbocycles. The number of hydrogen-bond acceptors (Lipinski definition) is 2. The smallest absolute Gasteiger partial charge is 0.0578 e. The summed E-state index contributed by atoms with van der Waals surface area (Å²) in [5.41, 5.74) is 4.28. The number of aliphatic hydroxyl groups is 1. The predicted molar refractivity (Wildman–Crippen MR) is 144 cm³/mol. The van der Waals surface area contributed by atoms with E-state index in [-0.39, 0.29) is 18.5 Å². The lowest BCUT2D eigenvalue weighted by molar-refractivity contribution is -0.0603. The summed E-state index contributed by atoms with van der Waals surface area (Å²) in [5, 5.41) is 10.6. The molecule has 0 unspecified atom stereocenters. The van der Waals surface area contributed by atoms with Crippen molar-refractivity contribution < 1.29 is 5.11 Å². The molecule has 4 rings (SSSR count). The molecule has 0 spiro atoms. The molecule has 0 aliphatic heterocycles. The van der Waals surface area contributed by atoms with E-state index in [1.165, 1.54) is 57.8 Å². The molecule has 0 saturated heterocycles. The molecule has 192 valence electrons. The van der Waals surface area contributed by atoms with Gasteiger partial charge in [0.05, 0.1) is 6.10 Å². The maximum atomic E-state index is 10.6. The van der Waals surface area contributed by atoms with Gasteiger partial charge in [-0.05, 0) is 112 Å². The summed E-state index contributed by atoms with van der Waals surface area (Å²) in [4.78, 5) is 2.38. The number of nitrogens with zero attached hydrogens (tertiary/aromatic N) is 1. The van der Waals surface area contributed by atoms with Gasteiger partial charge in [0.25, 0.3) is 0 Å². The van der Waals surface area contributed by atoms with Crippen LogP contribution in [0.5, 0.6) is 0 Å². The third kappa shape index (κ3) is 5.10. The van der Waals surface area contributed by atoms with E-state index < -0.39 is 0 Å². The highest BCUT2D eigenvalue weighted by molar-refractivity contribution is 5.85. The standard InChI is InChI=1S/C30H53NO.ClH/c1-20(2)9-8-10-21(3)25-11-12-26-24-17-22(19-31(6)7)28-18-23(32)13-15-30(28,5)27(24)14-16-29(25,26)4;/h20-21,23-27,32H,8-19H2,1-7H3;1H/t21-,23+,24+,25-,26+,27+,29-,30-;/m1./s1. The molecular weight excluding hydrogens is 426 g/mol. The number of aliphatic hydroxyl groups excluding tert-OH is 1. The fourth-order valence-corrected chi connectivity index (χ4v) is 9.48. The molecule has 4 aliphatic rings. The zero-order valence-electron chi connectivity index (χ0n) is 22.8. The van der Waals surface area contributed by atoms with E-state index in [4.69, 9.17) is 0 Å². The van der Waals surface area contributed by atoms with Gasteiger partial charge in [-0.25, -0.2) is 0 Å². The molecule has 3 saturated carbocycles. The summed E-state index contributed by atoms with van der Waals surface area (Å²) in [6.45, 7) is 13.7. The van der Waals surface area contributed by atoms with Crippen molar-refractivity contribution in [2.24, 2.45) is 46.3 Å². The zero-order valence-corrected chi connectivity index (χ0v) is 23.6. The largest absolute Gasteiger partial charge is 0.393 e. The Morgan fingerprint density at radius 1 is 0.939 bits per heavy atom. The highest BCUT2D eigenvalue weighted by Gasteiger charge is 2.60. The summed E-state index contributed by atoms with van der Waals surface area (Å²) >= 11 is 0. The highest BCUT2D eigenvalue weighted by atomic mass is 35.5. The van der Waals surface area contributed by atoms with Crippen LogP contribution in [0, 0.1) is 46.3 Å². The highest BCUT2D eigenvalue weighted by Crippen LogP contribution is 2.68. The van der Waals surface area contributed by atoms with Crippen LogP contribution in [0.1, 0.15) is 105 Å². The van der Waals surface area contributed by atoms with Gasteiger partial charge >= 0.3 is 0 Å². The summed E-state index contributed by atoms with van der Waals surface area (Å²) < 4.78 is 0. The van der Waals surface area contributed by atoms with Gasteiger partial charge < -0.3 is 10.0 Å². The van der Waals surface area contributed by atoms with E-state index in [0.717, 1.165) is 54.9 Å². The average Bonchev–Trinajstić information content (AvgIpc) is 3.06. The molecule has 8 atom stereocenters. The Balaban J connectivity index is 0.00000306. The van der Waals surface area contributed by atoms with Crippen molar-refractivity contribution in [3.63, 3.8) is 0 Å². The Kier molecular flexibility index (Phi) is 8.77. The maximum Gasteiger partial charge on any atom is 0.0578 e. The van der Waals surface area contributed by atoms with Crippen molar-refractivity contribution in [2.75, 3.05) is 20.6 Å². The minimum atomic E-state index is -0.108. The fourth-order valence-electron chi connectivity index (χ4n) is 9.48. The van der Waals surface area contributed by atoms with Crippen molar-refractivity contribution in [3.05, 3.63) is 11.1 Å². The number of likely N-dealkylation sites (N-methyl/N-ethyl adjacent to an activating group) is 1. The second-order valence-electron chi connectivity index (χ2n) is 13.7. The quantitative estimate of drug-likeness (QED) is 0.377. The van der Waals surface area contributed by atoms with Crippen LogP contribution in [0.15, 0.2) is 11.1 Å². The van der Waals surface area contributed by atoms with E-state index in [2.05, 4.69) is 53.6 Å². The first-order chi connectivity index (χ1) is 15.1. The third-order valence-electron chi connectivity index (χ3n) is 11.0. The molecule has 0 heterocycles. The van der Waals surface area contributed by atoms with E-state index >= 15 is 0 Å². The van der Waals surface area contributed by atoms with Gasteiger partial charge in [0.2, 0.25) is 0 Å².